The van der Waals surface area contributed by atoms with Crippen LogP contribution < -0.4 is 0 Å². The van der Waals surface area contributed by atoms with Gasteiger partial charge in [0.2, 0.25) is 0 Å². The van der Waals surface area contributed by atoms with E-state index in [-0.39, 0.29) is 33.0 Å². The van der Waals surface area contributed by atoms with E-state index in [2.05, 4.69) is 108 Å². The molecule has 0 aliphatic heterocycles. The average molecular weight is 441 g/mol. The Labute approximate surface area is 197 Å². The Balaban J connectivity index is 2.88. The molecule has 2 heteroatoms. The van der Waals surface area contributed by atoms with Gasteiger partial charge in [-0.15, -0.1) is 0 Å². The van der Waals surface area contributed by atoms with E-state index in [1.165, 1.54) is 5.56 Å². The second-order valence-corrected chi connectivity index (χ2v) is 14.1. The van der Waals surface area contributed by atoms with E-state index in [1.54, 1.807) is 0 Å². The molecule has 0 spiro atoms. The van der Waals surface area contributed by atoms with Gasteiger partial charge >= 0.3 is 0 Å². The van der Waals surface area contributed by atoms with E-state index in [9.17, 15) is 10.2 Å². The van der Waals surface area contributed by atoms with E-state index >= 15 is 0 Å². The van der Waals surface area contributed by atoms with E-state index < -0.39 is 0 Å². The summed E-state index contributed by atoms with van der Waals surface area (Å²) in [6.07, 6.45) is 5.07. The quantitative estimate of drug-likeness (QED) is 0.482. The molecular formula is C30H48O2. The number of aliphatic hydroxyl groups excluding tert-OH is 1. The maximum absolute atomic E-state index is 11.6. The van der Waals surface area contributed by atoms with Crippen LogP contribution in [0.3, 0.4) is 0 Å². The third kappa shape index (κ3) is 4.80. The minimum Gasteiger partial charge on any atom is -0.508 e. The Morgan fingerprint density at radius 3 is 1.72 bits per heavy atom. The van der Waals surface area contributed by atoms with Crippen LogP contribution in [-0.4, -0.2) is 10.2 Å². The topological polar surface area (TPSA) is 40.5 Å². The zero-order valence-electron chi connectivity index (χ0n) is 23.0. The van der Waals surface area contributed by atoms with Gasteiger partial charge in [0.15, 0.2) is 0 Å². The Bertz CT molecular complexity index is 918. The first-order chi connectivity index (χ1) is 14.1. The fraction of sp³-hybridized carbons (Fsp3) is 0.667. The molecule has 0 radical (unpaired) electrons. The summed E-state index contributed by atoms with van der Waals surface area (Å²) in [5, 5.41) is 22.3. The highest BCUT2D eigenvalue weighted by Gasteiger charge is 2.48. The van der Waals surface area contributed by atoms with Gasteiger partial charge < -0.3 is 10.2 Å². The lowest BCUT2D eigenvalue weighted by molar-refractivity contribution is 0.107. The SMILES string of the molecule is CC(c1cc(C(C)(C)C)cc(C(C)(C)C)c1O)C1(C(C)(C)C)C=C(C(C)(C)C)C(O)=CC1. The molecule has 2 nitrogen and oxygen atoms in total. The van der Waals surface area contributed by atoms with Crippen LogP contribution in [0.2, 0.25) is 0 Å². The van der Waals surface area contributed by atoms with Crippen LogP contribution in [0.4, 0.5) is 0 Å². The molecule has 2 unspecified atom stereocenters. The smallest absolute Gasteiger partial charge is 0.122 e. The molecule has 2 N–H and O–H groups in total. The summed E-state index contributed by atoms with van der Waals surface area (Å²) in [6.45, 7) is 28.8. The van der Waals surface area contributed by atoms with Crippen LogP contribution in [0.1, 0.15) is 119 Å². The van der Waals surface area contributed by atoms with Crippen molar-refractivity contribution >= 4 is 0 Å². The minimum atomic E-state index is -0.245. The Hall–Kier alpha value is -1.70. The minimum absolute atomic E-state index is 0.0196. The van der Waals surface area contributed by atoms with Crippen molar-refractivity contribution in [2.45, 2.75) is 113 Å². The maximum atomic E-state index is 11.6. The maximum Gasteiger partial charge on any atom is 0.122 e. The average Bonchev–Trinajstić information content (AvgIpc) is 2.57. The summed E-state index contributed by atoms with van der Waals surface area (Å²) in [5.74, 6) is 0.881. The molecule has 1 aliphatic rings. The van der Waals surface area contributed by atoms with Gasteiger partial charge in [-0.1, -0.05) is 108 Å². The summed E-state index contributed by atoms with van der Waals surface area (Å²) in [7, 11) is 0. The summed E-state index contributed by atoms with van der Waals surface area (Å²) in [6, 6.07) is 4.42. The lowest BCUT2D eigenvalue weighted by Crippen LogP contribution is -2.41. The number of hydrogen-bond donors (Lipinski definition) is 2. The number of rotatable bonds is 2. The summed E-state index contributed by atoms with van der Waals surface area (Å²) in [4.78, 5) is 0. The number of phenolic OH excluding ortho intramolecular Hbond substituents is 1. The van der Waals surface area contributed by atoms with Gasteiger partial charge in [-0.25, -0.2) is 0 Å². The van der Waals surface area contributed by atoms with Crippen molar-refractivity contribution in [2.24, 2.45) is 16.2 Å². The number of hydrogen-bond acceptors (Lipinski definition) is 2. The molecular weight excluding hydrogens is 392 g/mol. The molecule has 32 heavy (non-hydrogen) atoms. The Kier molecular flexibility index (Phi) is 6.60. The molecule has 0 saturated carbocycles. The van der Waals surface area contributed by atoms with Gasteiger partial charge in [-0.05, 0) is 62.3 Å². The second kappa shape index (κ2) is 7.96. The highest BCUT2D eigenvalue weighted by atomic mass is 16.3. The molecule has 0 aromatic heterocycles. The van der Waals surface area contributed by atoms with Crippen molar-refractivity contribution in [1.29, 1.82) is 0 Å². The van der Waals surface area contributed by atoms with E-state index in [1.807, 2.05) is 6.08 Å². The number of phenols is 1. The molecule has 0 saturated heterocycles. The van der Waals surface area contributed by atoms with E-state index in [0.717, 1.165) is 23.1 Å². The van der Waals surface area contributed by atoms with Gasteiger partial charge in [0.05, 0.1) is 0 Å². The standard InChI is InChI=1S/C30H48O2/c1-19(21-16-20(26(2,3)4)17-22(25(21)32)27(5,6)7)30(29(11,12)13)15-14-24(31)23(18-30)28(8,9)10/h14,16-19,31-32H,15H2,1-13H3. The van der Waals surface area contributed by atoms with Crippen molar-refractivity contribution in [3.05, 3.63) is 52.3 Å². The van der Waals surface area contributed by atoms with Crippen molar-refractivity contribution < 1.29 is 10.2 Å². The zero-order chi connectivity index (χ0) is 25.1. The summed E-state index contributed by atoms with van der Waals surface area (Å²) < 4.78 is 0. The van der Waals surface area contributed by atoms with E-state index in [4.69, 9.17) is 0 Å². The normalized spacial score (nSPS) is 21.8. The first-order valence-electron chi connectivity index (χ1n) is 12.1. The monoisotopic (exact) mass is 440 g/mol. The van der Waals surface area contributed by atoms with Crippen molar-refractivity contribution in [3.8, 4) is 5.75 Å². The predicted molar refractivity (Wildman–Crippen MR) is 139 cm³/mol. The summed E-state index contributed by atoms with van der Waals surface area (Å²) >= 11 is 0. The molecule has 0 heterocycles. The molecule has 0 fully saturated rings. The summed E-state index contributed by atoms with van der Waals surface area (Å²) in [5.41, 5.74) is 3.59. The lowest BCUT2D eigenvalue weighted by atomic mass is 9.54. The largest absolute Gasteiger partial charge is 0.508 e. The van der Waals surface area contributed by atoms with Crippen LogP contribution >= 0.6 is 0 Å². The number of allylic oxidation sites excluding steroid dienone is 3. The fourth-order valence-electron chi connectivity index (χ4n) is 5.11. The van der Waals surface area contributed by atoms with Crippen LogP contribution in [0.15, 0.2) is 35.6 Å². The van der Waals surface area contributed by atoms with Crippen molar-refractivity contribution in [3.63, 3.8) is 0 Å². The fourth-order valence-corrected chi connectivity index (χ4v) is 5.11. The first-order valence-corrected chi connectivity index (χ1v) is 12.1. The molecule has 0 bridgehead atoms. The number of aliphatic hydroxyl groups is 1. The Morgan fingerprint density at radius 2 is 1.31 bits per heavy atom. The zero-order valence-corrected chi connectivity index (χ0v) is 23.0. The molecule has 1 aliphatic carbocycles. The van der Waals surface area contributed by atoms with Crippen LogP contribution in [0, 0.1) is 16.2 Å². The molecule has 1 aromatic carbocycles. The van der Waals surface area contributed by atoms with Gasteiger partial charge in [-0.2, -0.15) is 0 Å². The third-order valence-corrected chi connectivity index (χ3v) is 7.57. The number of benzene rings is 1. The highest BCUT2D eigenvalue weighted by molar-refractivity contribution is 5.52. The van der Waals surface area contributed by atoms with Crippen molar-refractivity contribution in [2.75, 3.05) is 0 Å². The highest BCUT2D eigenvalue weighted by Crippen LogP contribution is 2.58. The molecule has 180 valence electrons. The third-order valence-electron chi connectivity index (χ3n) is 7.57. The lowest BCUT2D eigenvalue weighted by Gasteiger charge is -2.50. The Morgan fingerprint density at radius 1 is 0.781 bits per heavy atom. The van der Waals surface area contributed by atoms with Gasteiger partial charge in [-0.3, -0.25) is 0 Å². The van der Waals surface area contributed by atoms with Crippen LogP contribution in [0.25, 0.3) is 0 Å². The van der Waals surface area contributed by atoms with E-state index in [0.29, 0.717) is 11.5 Å². The van der Waals surface area contributed by atoms with Gasteiger partial charge in [0.1, 0.15) is 11.5 Å². The van der Waals surface area contributed by atoms with Gasteiger partial charge in [0.25, 0.3) is 0 Å². The van der Waals surface area contributed by atoms with Gasteiger partial charge in [0, 0.05) is 5.41 Å². The second-order valence-electron chi connectivity index (χ2n) is 14.1. The predicted octanol–water partition coefficient (Wildman–Crippen LogP) is 8.94. The molecule has 2 rings (SSSR count). The molecule has 1 aromatic rings. The first kappa shape index (κ1) is 26.6. The number of aromatic hydroxyl groups is 1. The van der Waals surface area contributed by atoms with Crippen LogP contribution in [0.5, 0.6) is 5.75 Å². The van der Waals surface area contributed by atoms with Crippen molar-refractivity contribution in [1.82, 2.24) is 0 Å². The van der Waals surface area contributed by atoms with Crippen LogP contribution in [-0.2, 0) is 10.8 Å². The molecule has 2 atom stereocenters. The molecule has 0 amide bonds.